The van der Waals surface area contributed by atoms with Gasteiger partial charge in [0, 0.05) is 23.5 Å². The van der Waals surface area contributed by atoms with Crippen molar-refractivity contribution in [2.45, 2.75) is 5.92 Å². The summed E-state index contributed by atoms with van der Waals surface area (Å²) in [5.74, 6) is 1.28. The first-order valence-corrected chi connectivity index (χ1v) is 8.88. The highest BCUT2D eigenvalue weighted by Gasteiger charge is 2.35. The monoisotopic (exact) mass is 424 g/mol. The molecule has 0 spiro atoms. The van der Waals surface area contributed by atoms with E-state index < -0.39 is 0 Å². The molecule has 0 saturated carbocycles. The van der Waals surface area contributed by atoms with Crippen molar-refractivity contribution in [2.75, 3.05) is 26.2 Å². The average molecular weight is 426 g/mol. The van der Waals surface area contributed by atoms with Crippen LogP contribution >= 0.6 is 28.3 Å². The van der Waals surface area contributed by atoms with Gasteiger partial charge in [-0.1, -0.05) is 52.3 Å². The Balaban J connectivity index is 0.00000225. The van der Waals surface area contributed by atoms with E-state index >= 15 is 0 Å². The number of carbonyl (C=O) groups excluding carboxylic acids is 1. The number of benzene rings is 2. The molecule has 0 bridgehead atoms. The van der Waals surface area contributed by atoms with E-state index in [2.05, 4.69) is 28.1 Å². The molecule has 1 aliphatic rings. The largest absolute Gasteiger partial charge is 0.484 e. The lowest BCUT2D eigenvalue weighted by Crippen LogP contribution is -2.33. The van der Waals surface area contributed by atoms with Crippen molar-refractivity contribution in [2.24, 2.45) is 11.7 Å². The van der Waals surface area contributed by atoms with Crippen molar-refractivity contribution in [3.63, 3.8) is 0 Å². The summed E-state index contributed by atoms with van der Waals surface area (Å²) < 4.78 is 6.55. The maximum absolute atomic E-state index is 12.5. The maximum Gasteiger partial charge on any atom is 0.260 e. The average Bonchev–Trinajstić information content (AvgIpc) is 3.05. The first-order chi connectivity index (χ1) is 11.7. The second-order valence-corrected chi connectivity index (χ2v) is 6.97. The molecule has 0 unspecified atom stereocenters. The molecule has 1 aliphatic heterocycles. The van der Waals surface area contributed by atoms with Crippen molar-refractivity contribution in [1.29, 1.82) is 0 Å². The summed E-state index contributed by atoms with van der Waals surface area (Å²) in [6.07, 6.45) is 0. The minimum Gasteiger partial charge on any atom is -0.484 e. The van der Waals surface area contributed by atoms with Crippen LogP contribution in [-0.4, -0.2) is 37.0 Å². The summed E-state index contributed by atoms with van der Waals surface area (Å²) in [7, 11) is 0. The first-order valence-electron chi connectivity index (χ1n) is 8.08. The predicted octanol–water partition coefficient (Wildman–Crippen LogP) is 3.45. The van der Waals surface area contributed by atoms with Gasteiger partial charge in [-0.25, -0.2) is 0 Å². The molecule has 1 heterocycles. The van der Waals surface area contributed by atoms with Gasteiger partial charge < -0.3 is 15.4 Å². The molecule has 1 fully saturated rings. The Hall–Kier alpha value is -1.56. The zero-order valence-corrected chi connectivity index (χ0v) is 16.2. The van der Waals surface area contributed by atoms with Crippen LogP contribution in [0.4, 0.5) is 0 Å². The topological polar surface area (TPSA) is 55.6 Å². The van der Waals surface area contributed by atoms with E-state index in [-0.39, 0.29) is 24.9 Å². The van der Waals surface area contributed by atoms with E-state index in [1.807, 2.05) is 47.4 Å². The van der Waals surface area contributed by atoms with Gasteiger partial charge in [-0.2, -0.15) is 0 Å². The molecule has 3 rings (SSSR count). The van der Waals surface area contributed by atoms with Crippen LogP contribution in [0.25, 0.3) is 0 Å². The van der Waals surface area contributed by atoms with E-state index in [1.54, 1.807) is 0 Å². The fraction of sp³-hybridized carbons (Fsp3) is 0.316. The number of likely N-dealkylation sites (tertiary alicyclic amines) is 1. The lowest BCUT2D eigenvalue weighted by molar-refractivity contribution is -0.132. The van der Waals surface area contributed by atoms with E-state index in [0.717, 1.165) is 4.47 Å². The highest BCUT2D eigenvalue weighted by molar-refractivity contribution is 9.10. The Kier molecular flexibility index (Phi) is 7.29. The quantitative estimate of drug-likeness (QED) is 0.798. The fourth-order valence-electron chi connectivity index (χ4n) is 3.18. The van der Waals surface area contributed by atoms with Crippen LogP contribution in [0.3, 0.4) is 0 Å². The summed E-state index contributed by atoms with van der Waals surface area (Å²) in [5.41, 5.74) is 7.18. The number of rotatable bonds is 5. The van der Waals surface area contributed by atoms with Gasteiger partial charge in [0.25, 0.3) is 5.91 Å². The molecular formula is C19H22BrClN2O2. The maximum atomic E-state index is 12.5. The van der Waals surface area contributed by atoms with Gasteiger partial charge in [0.1, 0.15) is 5.75 Å². The molecule has 2 aromatic rings. The molecule has 1 amide bonds. The van der Waals surface area contributed by atoms with Crippen molar-refractivity contribution in [3.05, 3.63) is 64.6 Å². The number of nitrogens with zero attached hydrogens (tertiary/aromatic N) is 1. The Morgan fingerprint density at radius 2 is 1.92 bits per heavy atom. The van der Waals surface area contributed by atoms with Gasteiger partial charge >= 0.3 is 0 Å². The number of carbonyl (C=O) groups is 1. The minimum atomic E-state index is 0. The van der Waals surface area contributed by atoms with Crippen LogP contribution in [0.5, 0.6) is 5.75 Å². The van der Waals surface area contributed by atoms with Crippen molar-refractivity contribution in [3.8, 4) is 5.75 Å². The van der Waals surface area contributed by atoms with Crippen molar-refractivity contribution in [1.82, 2.24) is 4.90 Å². The summed E-state index contributed by atoms with van der Waals surface area (Å²) in [4.78, 5) is 14.4. The van der Waals surface area contributed by atoms with E-state index in [0.29, 0.717) is 37.2 Å². The van der Waals surface area contributed by atoms with E-state index in [4.69, 9.17) is 10.5 Å². The van der Waals surface area contributed by atoms with Crippen LogP contribution in [0.2, 0.25) is 0 Å². The molecule has 6 heteroatoms. The molecular weight excluding hydrogens is 404 g/mol. The first kappa shape index (κ1) is 19.8. The SMILES string of the molecule is Cl.NC[C@@H]1CN(C(=O)COc2cccc(Br)c2)C[C@H]1c1ccccc1. The Morgan fingerprint density at radius 3 is 2.60 bits per heavy atom. The summed E-state index contributed by atoms with van der Waals surface area (Å²) >= 11 is 3.40. The smallest absolute Gasteiger partial charge is 0.260 e. The number of nitrogens with two attached hydrogens (primary N) is 1. The molecule has 2 atom stereocenters. The van der Waals surface area contributed by atoms with Crippen LogP contribution < -0.4 is 10.5 Å². The predicted molar refractivity (Wildman–Crippen MR) is 105 cm³/mol. The third-order valence-electron chi connectivity index (χ3n) is 4.48. The van der Waals surface area contributed by atoms with Crippen molar-refractivity contribution < 1.29 is 9.53 Å². The highest BCUT2D eigenvalue weighted by atomic mass is 79.9. The normalized spacial score (nSPS) is 19.4. The molecule has 0 radical (unpaired) electrons. The Morgan fingerprint density at radius 1 is 1.16 bits per heavy atom. The van der Waals surface area contributed by atoms with E-state index in [9.17, 15) is 4.79 Å². The fourth-order valence-corrected chi connectivity index (χ4v) is 3.56. The van der Waals surface area contributed by atoms with Crippen molar-refractivity contribution >= 4 is 34.2 Å². The Labute approximate surface area is 162 Å². The summed E-state index contributed by atoms with van der Waals surface area (Å²) in [6.45, 7) is 2.02. The second kappa shape index (κ2) is 9.22. The van der Waals surface area contributed by atoms with Crippen LogP contribution in [0, 0.1) is 5.92 Å². The molecule has 25 heavy (non-hydrogen) atoms. The minimum absolute atomic E-state index is 0. The number of hydrogen-bond acceptors (Lipinski definition) is 3. The zero-order chi connectivity index (χ0) is 16.9. The van der Waals surface area contributed by atoms with Gasteiger partial charge in [0.05, 0.1) is 0 Å². The second-order valence-electron chi connectivity index (χ2n) is 6.06. The zero-order valence-electron chi connectivity index (χ0n) is 13.8. The molecule has 0 aliphatic carbocycles. The molecule has 4 nitrogen and oxygen atoms in total. The molecule has 2 N–H and O–H groups in total. The van der Waals surface area contributed by atoms with Gasteiger partial charge in [-0.3, -0.25) is 4.79 Å². The number of halogens is 2. The number of amides is 1. The molecule has 1 saturated heterocycles. The van der Waals surface area contributed by atoms with Crippen LogP contribution in [0.1, 0.15) is 11.5 Å². The van der Waals surface area contributed by atoms with Gasteiger partial charge in [0.2, 0.25) is 0 Å². The Bertz CT molecular complexity index is 699. The highest BCUT2D eigenvalue weighted by Crippen LogP contribution is 2.32. The third kappa shape index (κ3) is 4.97. The summed E-state index contributed by atoms with van der Waals surface area (Å²) in [5, 5.41) is 0. The lowest BCUT2D eigenvalue weighted by Gasteiger charge is -2.17. The molecule has 0 aromatic heterocycles. The molecule has 134 valence electrons. The van der Waals surface area contributed by atoms with Crippen LogP contribution in [0.15, 0.2) is 59.1 Å². The number of ether oxygens (including phenoxy) is 1. The van der Waals surface area contributed by atoms with Crippen LogP contribution in [-0.2, 0) is 4.79 Å². The standard InChI is InChI=1S/C19H21BrN2O2.ClH/c20-16-7-4-8-17(9-16)24-13-19(23)22-11-15(10-21)18(12-22)14-5-2-1-3-6-14;/h1-9,15,18H,10-13,21H2;1H/t15-,18+;/m1./s1. The van der Waals surface area contributed by atoms with E-state index in [1.165, 1.54) is 5.56 Å². The van der Waals surface area contributed by atoms with Gasteiger partial charge in [-0.05, 0) is 36.2 Å². The summed E-state index contributed by atoms with van der Waals surface area (Å²) in [6, 6.07) is 17.8. The lowest BCUT2D eigenvalue weighted by atomic mass is 9.89. The third-order valence-corrected chi connectivity index (χ3v) is 4.98. The molecule has 2 aromatic carbocycles. The number of hydrogen-bond donors (Lipinski definition) is 1. The van der Waals surface area contributed by atoms with Gasteiger partial charge in [-0.15, -0.1) is 12.4 Å². The van der Waals surface area contributed by atoms with Gasteiger partial charge in [0.15, 0.2) is 6.61 Å².